The third-order valence-corrected chi connectivity index (χ3v) is 4.78. The Bertz CT molecular complexity index is 1320. The number of amides is 1. The van der Waals surface area contributed by atoms with Crippen LogP contribution in [0.15, 0.2) is 88.6 Å². The number of rotatable bonds is 6. The average Bonchev–Trinajstić information content (AvgIpc) is 3.14. The lowest BCUT2D eigenvalue weighted by Gasteiger charge is -2.12. The molecular formula is C24H18N4O5. The van der Waals surface area contributed by atoms with Gasteiger partial charge < -0.3 is 9.84 Å². The number of nitro benzene ring substituents is 1. The van der Waals surface area contributed by atoms with Gasteiger partial charge in [-0.15, -0.1) is 0 Å². The zero-order valence-corrected chi connectivity index (χ0v) is 17.5. The topological polar surface area (TPSA) is 118 Å². The highest BCUT2D eigenvalue weighted by Crippen LogP contribution is 2.27. The van der Waals surface area contributed by atoms with Gasteiger partial charge in [0.1, 0.15) is 5.70 Å². The van der Waals surface area contributed by atoms with Gasteiger partial charge in [-0.2, -0.15) is 10.1 Å². The van der Waals surface area contributed by atoms with Crippen LogP contribution in [0.1, 0.15) is 16.7 Å². The normalized spacial score (nSPS) is 14.7. The minimum absolute atomic E-state index is 0.0133. The Morgan fingerprint density at radius 2 is 1.85 bits per heavy atom. The average molecular weight is 442 g/mol. The number of methoxy groups -OCH3 is 1. The van der Waals surface area contributed by atoms with E-state index in [2.05, 4.69) is 10.1 Å². The second-order valence-corrected chi connectivity index (χ2v) is 6.98. The van der Waals surface area contributed by atoms with E-state index in [0.29, 0.717) is 22.5 Å². The van der Waals surface area contributed by atoms with E-state index >= 15 is 0 Å². The monoisotopic (exact) mass is 442 g/mol. The molecule has 33 heavy (non-hydrogen) atoms. The van der Waals surface area contributed by atoms with Crippen molar-refractivity contribution in [3.05, 3.63) is 105 Å². The highest BCUT2D eigenvalue weighted by Gasteiger charge is 2.31. The first-order valence-corrected chi connectivity index (χ1v) is 9.82. The third-order valence-electron chi connectivity index (χ3n) is 4.78. The van der Waals surface area contributed by atoms with Gasteiger partial charge in [0, 0.05) is 17.7 Å². The van der Waals surface area contributed by atoms with Crippen molar-refractivity contribution in [2.45, 2.75) is 0 Å². The Morgan fingerprint density at radius 3 is 2.58 bits per heavy atom. The second-order valence-electron chi connectivity index (χ2n) is 6.98. The van der Waals surface area contributed by atoms with Gasteiger partial charge >= 0.3 is 0 Å². The molecule has 0 aliphatic carbocycles. The lowest BCUT2D eigenvalue weighted by molar-refractivity contribution is -0.384. The van der Waals surface area contributed by atoms with Gasteiger partial charge in [-0.1, -0.05) is 42.5 Å². The molecule has 9 heteroatoms. The Morgan fingerprint density at radius 1 is 1.06 bits per heavy atom. The number of carbonyl (C=O) groups excluding carboxylic acids is 1. The molecule has 1 aliphatic rings. The van der Waals surface area contributed by atoms with Crippen LogP contribution in [-0.4, -0.2) is 40.1 Å². The maximum absolute atomic E-state index is 13.1. The molecule has 0 aromatic heterocycles. The van der Waals surface area contributed by atoms with Gasteiger partial charge in [0.25, 0.3) is 11.6 Å². The van der Waals surface area contributed by atoms with Gasteiger partial charge in [-0.25, -0.2) is 4.99 Å². The molecular weight excluding hydrogens is 424 g/mol. The molecule has 0 bridgehead atoms. The lowest BCUT2D eigenvalue weighted by Crippen LogP contribution is -2.27. The number of aromatic hydroxyl groups is 1. The van der Waals surface area contributed by atoms with E-state index in [-0.39, 0.29) is 22.9 Å². The molecule has 0 saturated heterocycles. The quantitative estimate of drug-likeness (QED) is 0.268. The summed E-state index contributed by atoms with van der Waals surface area (Å²) >= 11 is 0. The van der Waals surface area contributed by atoms with Crippen molar-refractivity contribution >= 4 is 29.7 Å². The SMILES string of the molecule is COc1cc(/C=N/N2C(=O)C(=Cc3cccc([N+](=O)[O-])c3)N=C2c2ccccc2)ccc1O. The van der Waals surface area contributed by atoms with Crippen molar-refractivity contribution in [1.82, 2.24) is 5.01 Å². The number of benzene rings is 3. The van der Waals surface area contributed by atoms with E-state index in [9.17, 15) is 20.0 Å². The zero-order chi connectivity index (χ0) is 23.4. The molecule has 3 aromatic carbocycles. The highest BCUT2D eigenvalue weighted by atomic mass is 16.6. The molecule has 4 rings (SSSR count). The number of ether oxygens (including phenoxy) is 1. The molecule has 0 saturated carbocycles. The fourth-order valence-electron chi connectivity index (χ4n) is 3.17. The molecule has 1 aliphatic heterocycles. The van der Waals surface area contributed by atoms with Crippen LogP contribution in [-0.2, 0) is 4.79 Å². The predicted molar refractivity (Wildman–Crippen MR) is 123 cm³/mol. The number of carbonyl (C=O) groups is 1. The summed E-state index contributed by atoms with van der Waals surface area (Å²) in [4.78, 5) is 28.2. The lowest BCUT2D eigenvalue weighted by atomic mass is 10.1. The minimum atomic E-state index is -0.500. The van der Waals surface area contributed by atoms with Crippen LogP contribution in [0.2, 0.25) is 0 Å². The van der Waals surface area contributed by atoms with E-state index in [1.165, 1.54) is 37.6 Å². The Labute approximate surface area is 188 Å². The van der Waals surface area contributed by atoms with Crippen molar-refractivity contribution < 1.29 is 19.6 Å². The Kier molecular flexibility index (Phi) is 5.94. The van der Waals surface area contributed by atoms with Crippen molar-refractivity contribution in [1.29, 1.82) is 0 Å². The summed E-state index contributed by atoms with van der Waals surface area (Å²) in [5, 5.41) is 26.3. The number of hydrogen-bond acceptors (Lipinski definition) is 7. The van der Waals surface area contributed by atoms with Gasteiger partial charge in [0.05, 0.1) is 18.2 Å². The van der Waals surface area contributed by atoms with Crippen LogP contribution in [0, 0.1) is 10.1 Å². The molecule has 9 nitrogen and oxygen atoms in total. The summed E-state index contributed by atoms with van der Waals surface area (Å²) in [6.45, 7) is 0. The first-order chi connectivity index (χ1) is 16.0. The largest absolute Gasteiger partial charge is 0.504 e. The number of nitrogens with zero attached hydrogens (tertiary/aromatic N) is 4. The number of hydrogen-bond donors (Lipinski definition) is 1. The van der Waals surface area contributed by atoms with Crippen LogP contribution < -0.4 is 4.74 Å². The summed E-state index contributed by atoms with van der Waals surface area (Å²) in [5.74, 6) is 0.0946. The van der Waals surface area contributed by atoms with Crippen molar-refractivity contribution in [2.75, 3.05) is 7.11 Å². The fourth-order valence-corrected chi connectivity index (χ4v) is 3.17. The number of amidine groups is 1. The first kappa shape index (κ1) is 21.4. The number of aliphatic imine (C=N–C) groups is 1. The summed E-state index contributed by atoms with van der Waals surface area (Å²) in [5.41, 5.74) is 1.75. The van der Waals surface area contributed by atoms with E-state index in [1.54, 1.807) is 36.4 Å². The fraction of sp³-hybridized carbons (Fsp3) is 0.0417. The molecule has 0 unspecified atom stereocenters. The Hall–Kier alpha value is -4.79. The van der Waals surface area contributed by atoms with Crippen molar-refractivity contribution in [3.63, 3.8) is 0 Å². The molecule has 164 valence electrons. The maximum Gasteiger partial charge on any atom is 0.298 e. The summed E-state index contributed by atoms with van der Waals surface area (Å²) < 4.78 is 5.11. The molecule has 1 N–H and O–H groups in total. The summed E-state index contributed by atoms with van der Waals surface area (Å²) in [6, 6.07) is 19.7. The van der Waals surface area contributed by atoms with Gasteiger partial charge in [-0.05, 0) is 35.4 Å². The third kappa shape index (κ3) is 4.62. The first-order valence-electron chi connectivity index (χ1n) is 9.82. The smallest absolute Gasteiger partial charge is 0.298 e. The molecule has 3 aromatic rings. The number of non-ortho nitro benzene ring substituents is 1. The van der Waals surface area contributed by atoms with Gasteiger partial charge in [0.2, 0.25) is 0 Å². The van der Waals surface area contributed by atoms with E-state index in [1.807, 2.05) is 18.2 Å². The molecule has 0 fully saturated rings. The molecule has 1 heterocycles. The van der Waals surface area contributed by atoms with Crippen LogP contribution in [0.3, 0.4) is 0 Å². The zero-order valence-electron chi connectivity index (χ0n) is 17.5. The van der Waals surface area contributed by atoms with E-state index < -0.39 is 10.8 Å². The van der Waals surface area contributed by atoms with Gasteiger partial charge in [-0.3, -0.25) is 14.9 Å². The van der Waals surface area contributed by atoms with Crippen LogP contribution >= 0.6 is 0 Å². The standard InChI is InChI=1S/C24H18N4O5/c1-33-22-14-17(10-11-21(22)29)15-25-27-23(18-7-3-2-4-8-18)26-20(24(27)30)13-16-6-5-9-19(12-16)28(31)32/h2-15,29H,1H3/b20-13?,25-15+. The number of phenolic OH excluding ortho intramolecular Hbond substituents is 1. The molecule has 1 amide bonds. The minimum Gasteiger partial charge on any atom is -0.504 e. The van der Waals surface area contributed by atoms with E-state index in [4.69, 9.17) is 4.74 Å². The Balaban J connectivity index is 1.72. The van der Waals surface area contributed by atoms with Crippen molar-refractivity contribution in [2.24, 2.45) is 10.1 Å². The van der Waals surface area contributed by atoms with Crippen LogP contribution in [0.4, 0.5) is 5.69 Å². The van der Waals surface area contributed by atoms with E-state index in [0.717, 1.165) is 5.01 Å². The molecule has 0 radical (unpaired) electrons. The highest BCUT2D eigenvalue weighted by molar-refractivity contribution is 6.19. The van der Waals surface area contributed by atoms with Crippen LogP contribution in [0.5, 0.6) is 11.5 Å². The number of nitro groups is 1. The molecule has 0 spiro atoms. The maximum atomic E-state index is 13.1. The van der Waals surface area contributed by atoms with Gasteiger partial charge in [0.15, 0.2) is 17.3 Å². The van der Waals surface area contributed by atoms with Crippen LogP contribution in [0.25, 0.3) is 6.08 Å². The number of phenols is 1. The molecule has 0 atom stereocenters. The second kappa shape index (κ2) is 9.15. The predicted octanol–water partition coefficient (Wildman–Crippen LogP) is 3.97. The summed E-state index contributed by atoms with van der Waals surface area (Å²) in [7, 11) is 1.44. The summed E-state index contributed by atoms with van der Waals surface area (Å²) in [6.07, 6.45) is 2.94. The van der Waals surface area contributed by atoms with Crippen molar-refractivity contribution in [3.8, 4) is 11.5 Å². The number of hydrazone groups is 1.